The van der Waals surface area contributed by atoms with Crippen molar-refractivity contribution in [2.24, 2.45) is 0 Å². The molecule has 0 unspecified atom stereocenters. The number of carbonyl (C=O) groups excluding carboxylic acids is 1. The SMILES string of the molecule is O=C(Nc1ccc(OCCN2CCCC2)c(F)c1)c1cccc(-c2cccc(OCc3ccccc3)c2)c1. The van der Waals surface area contributed by atoms with Crippen molar-refractivity contribution in [3.63, 3.8) is 0 Å². The van der Waals surface area contributed by atoms with Gasteiger partial charge in [-0.2, -0.15) is 0 Å². The predicted molar refractivity (Wildman–Crippen MR) is 148 cm³/mol. The molecule has 0 bridgehead atoms. The molecule has 5 nitrogen and oxygen atoms in total. The molecule has 1 aliphatic heterocycles. The van der Waals surface area contributed by atoms with Gasteiger partial charge in [0.25, 0.3) is 5.91 Å². The Balaban J connectivity index is 1.20. The summed E-state index contributed by atoms with van der Waals surface area (Å²) >= 11 is 0. The standard InChI is InChI=1S/C32H31FN2O3/c33-30-22-28(14-15-31(30)37-19-18-35-16-4-5-17-35)34-32(36)27-12-6-10-25(20-27)26-11-7-13-29(21-26)38-23-24-8-2-1-3-9-24/h1-3,6-15,20-22H,4-5,16-19,23H2,(H,34,36). The molecular formula is C32H31FN2O3. The van der Waals surface area contributed by atoms with E-state index < -0.39 is 5.82 Å². The average molecular weight is 511 g/mol. The van der Waals surface area contributed by atoms with Gasteiger partial charge in [-0.15, -0.1) is 0 Å². The molecule has 6 heteroatoms. The maximum absolute atomic E-state index is 14.6. The Kier molecular flexibility index (Phi) is 8.31. The van der Waals surface area contributed by atoms with Crippen LogP contribution in [-0.2, 0) is 6.61 Å². The summed E-state index contributed by atoms with van der Waals surface area (Å²) in [4.78, 5) is 15.3. The minimum atomic E-state index is -0.495. The third kappa shape index (κ3) is 6.78. The Bertz CT molecular complexity index is 1370. The summed E-state index contributed by atoms with van der Waals surface area (Å²) in [6.07, 6.45) is 2.42. The van der Waals surface area contributed by atoms with E-state index in [9.17, 15) is 9.18 Å². The van der Waals surface area contributed by atoms with E-state index in [0.717, 1.165) is 42.1 Å². The highest BCUT2D eigenvalue weighted by Crippen LogP contribution is 2.26. The first-order chi connectivity index (χ1) is 18.6. The van der Waals surface area contributed by atoms with Gasteiger partial charge in [0.1, 0.15) is 19.0 Å². The second-order valence-corrected chi connectivity index (χ2v) is 9.38. The highest BCUT2D eigenvalue weighted by molar-refractivity contribution is 6.05. The number of ether oxygens (including phenoxy) is 2. The minimum absolute atomic E-state index is 0.193. The summed E-state index contributed by atoms with van der Waals surface area (Å²) < 4.78 is 26.2. The molecule has 0 radical (unpaired) electrons. The van der Waals surface area contributed by atoms with Crippen molar-refractivity contribution in [1.29, 1.82) is 0 Å². The van der Waals surface area contributed by atoms with E-state index in [2.05, 4.69) is 10.2 Å². The zero-order valence-corrected chi connectivity index (χ0v) is 21.2. The first-order valence-electron chi connectivity index (χ1n) is 13.0. The number of anilines is 1. The van der Waals surface area contributed by atoms with Gasteiger partial charge in [0.05, 0.1) is 0 Å². The maximum atomic E-state index is 14.6. The van der Waals surface area contributed by atoms with Gasteiger partial charge in [-0.05, 0) is 79.0 Å². The van der Waals surface area contributed by atoms with Gasteiger partial charge < -0.3 is 14.8 Å². The summed E-state index contributed by atoms with van der Waals surface area (Å²) in [6, 6.07) is 29.6. The first kappa shape index (κ1) is 25.5. The largest absolute Gasteiger partial charge is 0.489 e. The van der Waals surface area contributed by atoms with Crippen LogP contribution >= 0.6 is 0 Å². The van der Waals surface area contributed by atoms with E-state index in [4.69, 9.17) is 9.47 Å². The number of likely N-dealkylation sites (tertiary alicyclic amines) is 1. The molecule has 1 aliphatic rings. The van der Waals surface area contributed by atoms with Crippen molar-refractivity contribution in [2.45, 2.75) is 19.4 Å². The number of nitrogens with one attached hydrogen (secondary N) is 1. The van der Waals surface area contributed by atoms with Gasteiger partial charge in [-0.3, -0.25) is 9.69 Å². The van der Waals surface area contributed by atoms with Crippen LogP contribution in [0.1, 0.15) is 28.8 Å². The first-order valence-corrected chi connectivity index (χ1v) is 13.0. The number of amides is 1. The molecule has 1 saturated heterocycles. The Hall–Kier alpha value is -4.16. The molecule has 0 saturated carbocycles. The second-order valence-electron chi connectivity index (χ2n) is 9.38. The Labute approximate surface area is 222 Å². The number of hydrogen-bond donors (Lipinski definition) is 1. The van der Waals surface area contributed by atoms with Gasteiger partial charge >= 0.3 is 0 Å². The molecule has 5 rings (SSSR count). The lowest BCUT2D eigenvalue weighted by Gasteiger charge is -2.15. The third-order valence-electron chi connectivity index (χ3n) is 6.59. The van der Waals surface area contributed by atoms with Crippen LogP contribution in [0.3, 0.4) is 0 Å². The zero-order valence-electron chi connectivity index (χ0n) is 21.2. The molecular weight excluding hydrogens is 479 g/mol. The third-order valence-corrected chi connectivity index (χ3v) is 6.59. The maximum Gasteiger partial charge on any atom is 0.255 e. The van der Waals surface area contributed by atoms with Crippen molar-refractivity contribution in [3.05, 3.63) is 114 Å². The van der Waals surface area contributed by atoms with Gasteiger partial charge in [-0.1, -0.05) is 54.6 Å². The summed E-state index contributed by atoms with van der Waals surface area (Å²) in [6.45, 7) is 3.85. The Morgan fingerprint density at radius 2 is 1.58 bits per heavy atom. The monoisotopic (exact) mass is 510 g/mol. The number of rotatable bonds is 10. The predicted octanol–water partition coefficient (Wildman–Crippen LogP) is 6.80. The molecule has 0 atom stereocenters. The summed E-state index contributed by atoms with van der Waals surface area (Å²) in [5.74, 6) is 0.133. The summed E-state index contributed by atoms with van der Waals surface area (Å²) in [5, 5.41) is 2.79. The van der Waals surface area contributed by atoms with E-state index in [0.29, 0.717) is 24.5 Å². The van der Waals surface area contributed by atoms with Crippen molar-refractivity contribution in [1.82, 2.24) is 4.90 Å². The fourth-order valence-corrected chi connectivity index (χ4v) is 4.54. The van der Waals surface area contributed by atoms with Crippen LogP contribution < -0.4 is 14.8 Å². The number of halogens is 1. The fraction of sp³-hybridized carbons (Fsp3) is 0.219. The van der Waals surface area contributed by atoms with E-state index in [1.54, 1.807) is 18.2 Å². The summed E-state index contributed by atoms with van der Waals surface area (Å²) in [7, 11) is 0. The van der Waals surface area contributed by atoms with Crippen LogP contribution in [0.2, 0.25) is 0 Å². The van der Waals surface area contributed by atoms with E-state index >= 15 is 0 Å². The number of benzene rings is 4. The minimum Gasteiger partial charge on any atom is -0.489 e. The van der Waals surface area contributed by atoms with Gasteiger partial charge in [0, 0.05) is 23.9 Å². The lowest BCUT2D eigenvalue weighted by atomic mass is 10.0. The molecule has 38 heavy (non-hydrogen) atoms. The van der Waals surface area contributed by atoms with Gasteiger partial charge in [0.2, 0.25) is 0 Å². The second kappa shape index (κ2) is 12.4. The van der Waals surface area contributed by atoms with E-state index in [1.807, 2.05) is 72.8 Å². The molecule has 0 aliphatic carbocycles. The van der Waals surface area contributed by atoms with Crippen LogP contribution in [0.25, 0.3) is 11.1 Å². The summed E-state index contributed by atoms with van der Waals surface area (Å²) in [5.41, 5.74) is 3.77. The highest BCUT2D eigenvalue weighted by Gasteiger charge is 2.13. The molecule has 0 aromatic heterocycles. The molecule has 1 heterocycles. The molecule has 1 fully saturated rings. The molecule has 0 spiro atoms. The average Bonchev–Trinajstić information content (AvgIpc) is 3.47. The normalized spacial score (nSPS) is 13.3. The van der Waals surface area contributed by atoms with E-state index in [1.165, 1.54) is 18.9 Å². The molecule has 1 N–H and O–H groups in total. The van der Waals surface area contributed by atoms with Crippen molar-refractivity contribution < 1.29 is 18.7 Å². The van der Waals surface area contributed by atoms with Gasteiger partial charge in [-0.25, -0.2) is 4.39 Å². The quantitative estimate of drug-likeness (QED) is 0.255. The smallest absolute Gasteiger partial charge is 0.255 e. The van der Waals surface area contributed by atoms with Crippen LogP contribution in [0.5, 0.6) is 11.5 Å². The molecule has 4 aromatic rings. The van der Waals surface area contributed by atoms with Crippen LogP contribution in [0, 0.1) is 5.82 Å². The van der Waals surface area contributed by atoms with Gasteiger partial charge in [0.15, 0.2) is 11.6 Å². The van der Waals surface area contributed by atoms with Crippen LogP contribution in [-0.4, -0.2) is 37.0 Å². The topological polar surface area (TPSA) is 50.8 Å². The highest BCUT2D eigenvalue weighted by atomic mass is 19.1. The lowest BCUT2D eigenvalue weighted by molar-refractivity contribution is 0.102. The molecule has 1 amide bonds. The fourth-order valence-electron chi connectivity index (χ4n) is 4.54. The van der Waals surface area contributed by atoms with Crippen LogP contribution in [0.4, 0.5) is 10.1 Å². The molecule has 194 valence electrons. The number of carbonyl (C=O) groups is 1. The lowest BCUT2D eigenvalue weighted by Crippen LogP contribution is -2.25. The zero-order chi connectivity index (χ0) is 26.2. The Morgan fingerprint density at radius 3 is 2.37 bits per heavy atom. The van der Waals surface area contributed by atoms with Crippen molar-refractivity contribution in [3.8, 4) is 22.6 Å². The van der Waals surface area contributed by atoms with Crippen LogP contribution in [0.15, 0.2) is 97.1 Å². The van der Waals surface area contributed by atoms with E-state index in [-0.39, 0.29) is 11.7 Å². The van der Waals surface area contributed by atoms with Crippen molar-refractivity contribution in [2.75, 3.05) is 31.6 Å². The van der Waals surface area contributed by atoms with Crippen molar-refractivity contribution >= 4 is 11.6 Å². The Morgan fingerprint density at radius 1 is 0.816 bits per heavy atom. The number of nitrogens with zero attached hydrogens (tertiary/aromatic N) is 1. The molecule has 4 aromatic carbocycles. The number of hydrogen-bond acceptors (Lipinski definition) is 4.